The second-order valence-corrected chi connectivity index (χ2v) is 7.73. The second kappa shape index (κ2) is 9.56. The zero-order chi connectivity index (χ0) is 20.8. The van der Waals surface area contributed by atoms with Gasteiger partial charge in [-0.2, -0.15) is 0 Å². The fourth-order valence-electron chi connectivity index (χ4n) is 4.08. The Labute approximate surface area is 177 Å². The quantitative estimate of drug-likeness (QED) is 0.700. The number of carbonyl (C=O) groups excluding carboxylic acids is 2. The van der Waals surface area contributed by atoms with Crippen molar-refractivity contribution in [3.63, 3.8) is 0 Å². The number of nitrogens with zero attached hydrogens (tertiary/aromatic N) is 4. The van der Waals surface area contributed by atoms with Crippen LogP contribution < -0.4 is 19.8 Å². The van der Waals surface area contributed by atoms with Crippen LogP contribution in [0.1, 0.15) is 12.8 Å². The number of aromatic amines is 2. The highest BCUT2D eigenvalue weighted by atomic mass is 16.2. The highest BCUT2D eigenvalue weighted by Crippen LogP contribution is 2.13. The largest absolute Gasteiger partial charge is 0.335 e. The van der Waals surface area contributed by atoms with Crippen molar-refractivity contribution in [1.29, 1.82) is 0 Å². The zero-order valence-electron chi connectivity index (χ0n) is 17.3. The van der Waals surface area contributed by atoms with Gasteiger partial charge in [-0.05, 0) is 12.1 Å². The van der Waals surface area contributed by atoms with Crippen LogP contribution in [0, 0.1) is 0 Å². The lowest BCUT2D eigenvalue weighted by Crippen LogP contribution is -2.51. The second-order valence-electron chi connectivity index (χ2n) is 7.73. The summed E-state index contributed by atoms with van der Waals surface area (Å²) in [6.07, 6.45) is 4.42. The third kappa shape index (κ3) is 4.87. The summed E-state index contributed by atoms with van der Waals surface area (Å²) in [6, 6.07) is 12.0. The van der Waals surface area contributed by atoms with Gasteiger partial charge in [-0.1, -0.05) is 12.1 Å². The Morgan fingerprint density at radius 2 is 1.03 bits per heavy atom. The summed E-state index contributed by atoms with van der Waals surface area (Å²) in [5, 5.41) is 0. The number of pyridine rings is 2. The summed E-state index contributed by atoms with van der Waals surface area (Å²) >= 11 is 0. The summed E-state index contributed by atoms with van der Waals surface area (Å²) in [5.41, 5.74) is 0. The smallest absolute Gasteiger partial charge is 0.274 e. The first kappa shape index (κ1) is 20.1. The highest BCUT2D eigenvalue weighted by Gasteiger charge is 2.28. The molecule has 30 heavy (non-hydrogen) atoms. The number of aromatic nitrogens is 2. The fourth-order valence-corrected chi connectivity index (χ4v) is 4.08. The van der Waals surface area contributed by atoms with Gasteiger partial charge in [0.25, 0.3) is 11.6 Å². The molecule has 2 aliphatic heterocycles. The predicted molar refractivity (Wildman–Crippen MR) is 113 cm³/mol. The van der Waals surface area contributed by atoms with Gasteiger partial charge in [-0.15, -0.1) is 0 Å². The highest BCUT2D eigenvalue weighted by molar-refractivity contribution is 5.84. The standard InChI is InChI=1S/C22H28N6O2/c29-21(27-15-11-25(12-16-27)19-5-1-3-9-23-19)7-8-22(30)28-17-13-26(14-18-28)20-6-2-4-10-24-20/h1-6,9-10H,7-8,11-18H2/p+2. The Morgan fingerprint density at radius 3 is 1.37 bits per heavy atom. The number of H-pyrrole nitrogens is 2. The average Bonchev–Trinajstić information content (AvgIpc) is 2.83. The molecule has 0 aliphatic carbocycles. The molecule has 4 heterocycles. The molecule has 2 aromatic rings. The van der Waals surface area contributed by atoms with Gasteiger partial charge in [0.15, 0.2) is 0 Å². The van der Waals surface area contributed by atoms with Crippen molar-refractivity contribution in [2.24, 2.45) is 0 Å². The number of piperazine rings is 2. The molecule has 0 aromatic carbocycles. The Kier molecular flexibility index (Phi) is 6.41. The van der Waals surface area contributed by atoms with Crippen molar-refractivity contribution in [2.75, 3.05) is 62.2 Å². The molecule has 2 aromatic heterocycles. The lowest BCUT2D eigenvalue weighted by Gasteiger charge is -2.32. The molecule has 8 nitrogen and oxygen atoms in total. The van der Waals surface area contributed by atoms with Crippen molar-refractivity contribution >= 4 is 23.5 Å². The number of anilines is 2. The number of hydrogen-bond acceptors (Lipinski definition) is 4. The van der Waals surface area contributed by atoms with Crippen molar-refractivity contribution < 1.29 is 19.6 Å². The normalized spacial score (nSPS) is 17.2. The van der Waals surface area contributed by atoms with Gasteiger partial charge in [0, 0.05) is 25.0 Å². The molecule has 2 saturated heterocycles. The minimum atomic E-state index is 0.0811. The molecule has 0 saturated carbocycles. The monoisotopic (exact) mass is 410 g/mol. The van der Waals surface area contributed by atoms with Crippen LogP contribution in [0.15, 0.2) is 48.8 Å². The van der Waals surface area contributed by atoms with E-state index in [1.807, 2.05) is 58.6 Å². The molecule has 0 spiro atoms. The van der Waals surface area contributed by atoms with E-state index in [1.165, 1.54) is 0 Å². The Morgan fingerprint density at radius 1 is 0.633 bits per heavy atom. The van der Waals surface area contributed by atoms with E-state index in [9.17, 15) is 9.59 Å². The van der Waals surface area contributed by atoms with Crippen LogP contribution in [0.5, 0.6) is 0 Å². The summed E-state index contributed by atoms with van der Waals surface area (Å²) < 4.78 is 0. The van der Waals surface area contributed by atoms with Crippen LogP contribution in [-0.2, 0) is 9.59 Å². The van der Waals surface area contributed by atoms with Crippen LogP contribution in [-0.4, -0.2) is 74.0 Å². The van der Waals surface area contributed by atoms with E-state index in [4.69, 9.17) is 0 Å². The molecule has 4 rings (SSSR count). The van der Waals surface area contributed by atoms with Crippen LogP contribution in [0.3, 0.4) is 0 Å². The van der Waals surface area contributed by atoms with E-state index in [-0.39, 0.29) is 11.8 Å². The molecule has 158 valence electrons. The van der Waals surface area contributed by atoms with E-state index >= 15 is 0 Å². The predicted octanol–water partition coefficient (Wildman–Crippen LogP) is 0.0924. The fraction of sp³-hybridized carbons (Fsp3) is 0.455. The van der Waals surface area contributed by atoms with Crippen molar-refractivity contribution in [3.05, 3.63) is 48.8 Å². The Bertz CT molecular complexity index is 760. The molecular formula is C22H30N6O2+2. The SMILES string of the molecule is O=C(CCC(=O)N1CCN(c2cccc[nH+]2)CC1)N1CCN(c2cccc[nH+]2)CC1. The third-order valence-electron chi connectivity index (χ3n) is 5.88. The Balaban J connectivity index is 1.18. The van der Waals surface area contributed by atoms with Gasteiger partial charge in [-0.3, -0.25) is 19.4 Å². The van der Waals surface area contributed by atoms with Gasteiger partial charge in [-0.25, -0.2) is 9.97 Å². The van der Waals surface area contributed by atoms with Crippen molar-refractivity contribution in [1.82, 2.24) is 9.80 Å². The van der Waals surface area contributed by atoms with Gasteiger partial charge in [0.2, 0.25) is 11.8 Å². The first-order chi connectivity index (χ1) is 14.7. The number of amides is 2. The number of hydrogen-bond donors (Lipinski definition) is 0. The van der Waals surface area contributed by atoms with E-state index in [0.717, 1.165) is 37.8 Å². The van der Waals surface area contributed by atoms with E-state index in [1.54, 1.807) is 0 Å². The molecule has 2 amide bonds. The molecule has 0 atom stereocenters. The zero-order valence-corrected chi connectivity index (χ0v) is 17.3. The van der Waals surface area contributed by atoms with Crippen LogP contribution in [0.4, 0.5) is 11.6 Å². The van der Waals surface area contributed by atoms with Crippen LogP contribution in [0.2, 0.25) is 0 Å². The first-order valence-corrected chi connectivity index (χ1v) is 10.7. The van der Waals surface area contributed by atoms with E-state index < -0.39 is 0 Å². The van der Waals surface area contributed by atoms with Crippen molar-refractivity contribution in [2.45, 2.75) is 12.8 Å². The molecule has 2 aliphatic rings. The molecule has 0 radical (unpaired) electrons. The minimum Gasteiger partial charge on any atom is -0.335 e. The van der Waals surface area contributed by atoms with Crippen LogP contribution >= 0.6 is 0 Å². The maximum atomic E-state index is 12.6. The van der Waals surface area contributed by atoms with Crippen molar-refractivity contribution in [3.8, 4) is 0 Å². The number of rotatable bonds is 5. The minimum absolute atomic E-state index is 0.0811. The summed E-state index contributed by atoms with van der Waals surface area (Å²) in [4.78, 5) is 39.9. The summed E-state index contributed by atoms with van der Waals surface area (Å²) in [6.45, 7) is 6.00. The van der Waals surface area contributed by atoms with E-state index in [0.29, 0.717) is 39.0 Å². The molecule has 2 N–H and O–H groups in total. The lowest BCUT2D eigenvalue weighted by molar-refractivity contribution is -0.364. The van der Waals surface area contributed by atoms with Gasteiger partial charge in [0.05, 0.1) is 38.6 Å². The third-order valence-corrected chi connectivity index (χ3v) is 5.88. The topological polar surface area (TPSA) is 75.4 Å². The summed E-state index contributed by atoms with van der Waals surface area (Å²) in [7, 11) is 0. The maximum Gasteiger partial charge on any atom is 0.274 e. The van der Waals surface area contributed by atoms with Gasteiger partial charge in [0.1, 0.15) is 26.2 Å². The molecule has 0 unspecified atom stereocenters. The molecule has 8 heteroatoms. The van der Waals surface area contributed by atoms with Gasteiger partial charge >= 0.3 is 0 Å². The maximum absolute atomic E-state index is 12.6. The summed E-state index contributed by atoms with van der Waals surface area (Å²) in [5.74, 6) is 2.31. The average molecular weight is 411 g/mol. The van der Waals surface area contributed by atoms with Gasteiger partial charge < -0.3 is 9.80 Å². The first-order valence-electron chi connectivity index (χ1n) is 10.7. The number of nitrogens with one attached hydrogen (secondary N) is 2. The van der Waals surface area contributed by atoms with E-state index in [2.05, 4.69) is 19.8 Å². The Hall–Kier alpha value is -3.16. The molecule has 0 bridgehead atoms. The molecule has 2 fully saturated rings. The lowest BCUT2D eigenvalue weighted by atomic mass is 10.2. The number of carbonyl (C=O) groups is 2. The van der Waals surface area contributed by atoms with Crippen LogP contribution in [0.25, 0.3) is 0 Å². The molecular weight excluding hydrogens is 380 g/mol.